The Labute approximate surface area is 98.5 Å². The molecule has 0 fully saturated rings. The molecule has 86 valence electrons. The number of anilines is 3. The third kappa shape index (κ3) is 2.52. The number of benzene rings is 1. The second kappa shape index (κ2) is 4.52. The van der Waals surface area contributed by atoms with Crippen molar-refractivity contribution in [2.75, 3.05) is 11.1 Å². The lowest BCUT2D eigenvalue weighted by atomic mass is 10.2. The van der Waals surface area contributed by atoms with Crippen LogP contribution in [0.25, 0.3) is 0 Å². The van der Waals surface area contributed by atoms with Crippen LogP contribution >= 0.6 is 0 Å². The van der Waals surface area contributed by atoms with Gasteiger partial charge < -0.3 is 16.8 Å². The first-order chi connectivity index (χ1) is 8.16. The molecule has 0 spiro atoms. The first-order valence-electron chi connectivity index (χ1n) is 5.04. The summed E-state index contributed by atoms with van der Waals surface area (Å²) < 4.78 is 0. The maximum atomic E-state index is 11.0. The lowest BCUT2D eigenvalue weighted by molar-refractivity contribution is 0.100. The summed E-state index contributed by atoms with van der Waals surface area (Å²) in [5.41, 5.74) is 12.6. The summed E-state index contributed by atoms with van der Waals surface area (Å²) >= 11 is 0. The molecular weight excluding hydrogens is 216 g/mol. The van der Waals surface area contributed by atoms with Gasteiger partial charge in [0, 0.05) is 17.4 Å². The third-order valence-electron chi connectivity index (χ3n) is 2.25. The van der Waals surface area contributed by atoms with Crippen molar-refractivity contribution in [3.8, 4) is 0 Å². The molecule has 0 saturated carbocycles. The summed E-state index contributed by atoms with van der Waals surface area (Å²) in [5.74, 6) is 0.0803. The van der Waals surface area contributed by atoms with Crippen molar-refractivity contribution < 1.29 is 4.79 Å². The molecule has 1 aromatic heterocycles. The van der Waals surface area contributed by atoms with Crippen molar-refractivity contribution in [1.82, 2.24) is 4.98 Å². The number of rotatable bonds is 3. The predicted molar refractivity (Wildman–Crippen MR) is 66.9 cm³/mol. The van der Waals surface area contributed by atoms with Crippen molar-refractivity contribution in [2.24, 2.45) is 5.73 Å². The molecule has 5 nitrogen and oxygen atoms in total. The fourth-order valence-corrected chi connectivity index (χ4v) is 1.41. The Morgan fingerprint density at radius 1 is 1.24 bits per heavy atom. The SMILES string of the molecule is NC(=O)c1cccc(Nc2ncccc2N)c1. The first-order valence-corrected chi connectivity index (χ1v) is 5.04. The normalized spacial score (nSPS) is 9.88. The highest BCUT2D eigenvalue weighted by Crippen LogP contribution is 2.20. The van der Waals surface area contributed by atoms with Crippen molar-refractivity contribution in [3.63, 3.8) is 0 Å². The first kappa shape index (κ1) is 10.9. The summed E-state index contributed by atoms with van der Waals surface area (Å²) in [6.07, 6.45) is 1.64. The number of nitrogens with two attached hydrogens (primary N) is 2. The van der Waals surface area contributed by atoms with Crippen molar-refractivity contribution in [3.05, 3.63) is 48.2 Å². The van der Waals surface area contributed by atoms with Crippen LogP contribution in [-0.2, 0) is 0 Å². The van der Waals surface area contributed by atoms with Gasteiger partial charge in [0.15, 0.2) is 5.82 Å². The number of amides is 1. The molecule has 0 unspecified atom stereocenters. The molecule has 1 aromatic carbocycles. The molecule has 5 N–H and O–H groups in total. The Morgan fingerprint density at radius 3 is 2.76 bits per heavy atom. The lowest BCUT2D eigenvalue weighted by Gasteiger charge is -2.08. The molecule has 0 bridgehead atoms. The van der Waals surface area contributed by atoms with E-state index in [1.807, 2.05) is 0 Å². The molecule has 2 aromatic rings. The van der Waals surface area contributed by atoms with Gasteiger partial charge in [-0.2, -0.15) is 0 Å². The van der Waals surface area contributed by atoms with Crippen LogP contribution in [0.15, 0.2) is 42.6 Å². The van der Waals surface area contributed by atoms with Crippen LogP contribution in [0.1, 0.15) is 10.4 Å². The molecule has 17 heavy (non-hydrogen) atoms. The zero-order valence-electron chi connectivity index (χ0n) is 9.05. The number of carbonyl (C=O) groups excluding carboxylic acids is 1. The summed E-state index contributed by atoms with van der Waals surface area (Å²) in [6.45, 7) is 0. The third-order valence-corrected chi connectivity index (χ3v) is 2.25. The molecule has 0 aliphatic carbocycles. The van der Waals surface area contributed by atoms with E-state index in [1.165, 1.54) is 0 Å². The number of hydrogen-bond acceptors (Lipinski definition) is 4. The standard InChI is InChI=1S/C12H12N4O/c13-10-5-2-6-15-12(10)16-9-4-1-3-8(7-9)11(14)17/h1-7H,13H2,(H2,14,17)(H,15,16). The van der Waals surface area contributed by atoms with Crippen molar-refractivity contribution in [1.29, 1.82) is 0 Å². The van der Waals surface area contributed by atoms with Gasteiger partial charge in [0.2, 0.25) is 5.91 Å². The van der Waals surface area contributed by atoms with E-state index in [-0.39, 0.29) is 0 Å². The van der Waals surface area contributed by atoms with Gasteiger partial charge >= 0.3 is 0 Å². The summed E-state index contributed by atoms with van der Waals surface area (Å²) in [7, 11) is 0. The molecular formula is C12H12N4O. The lowest BCUT2D eigenvalue weighted by Crippen LogP contribution is -2.11. The fraction of sp³-hybridized carbons (Fsp3) is 0. The highest BCUT2D eigenvalue weighted by Gasteiger charge is 2.03. The number of nitrogens with one attached hydrogen (secondary N) is 1. The number of nitrogens with zero attached hydrogens (tertiary/aromatic N) is 1. The quantitative estimate of drug-likeness (QED) is 0.742. The smallest absolute Gasteiger partial charge is 0.248 e. The Balaban J connectivity index is 2.28. The minimum absolute atomic E-state index is 0.435. The van der Waals surface area contributed by atoms with E-state index in [4.69, 9.17) is 11.5 Å². The van der Waals surface area contributed by atoms with Crippen LogP contribution in [0.4, 0.5) is 17.2 Å². The van der Waals surface area contributed by atoms with Crippen LogP contribution in [0.5, 0.6) is 0 Å². The molecule has 2 rings (SSSR count). The molecule has 5 heteroatoms. The van der Waals surface area contributed by atoms with Gasteiger partial charge in [0.1, 0.15) is 0 Å². The number of nitrogen functional groups attached to an aromatic ring is 1. The van der Waals surface area contributed by atoms with Crippen LogP contribution in [0.3, 0.4) is 0 Å². The average molecular weight is 228 g/mol. The van der Waals surface area contributed by atoms with Crippen LogP contribution < -0.4 is 16.8 Å². The highest BCUT2D eigenvalue weighted by atomic mass is 16.1. The molecule has 0 atom stereocenters. The summed E-state index contributed by atoms with van der Waals surface area (Å²) in [6, 6.07) is 10.3. The van der Waals surface area contributed by atoms with E-state index in [9.17, 15) is 4.79 Å². The van der Waals surface area contributed by atoms with Crippen molar-refractivity contribution in [2.45, 2.75) is 0 Å². The van der Waals surface area contributed by atoms with E-state index in [0.29, 0.717) is 22.8 Å². The van der Waals surface area contributed by atoms with Gasteiger partial charge in [-0.05, 0) is 30.3 Å². The fourth-order valence-electron chi connectivity index (χ4n) is 1.41. The molecule has 0 aliphatic heterocycles. The Kier molecular flexibility index (Phi) is 2.91. The molecule has 1 heterocycles. The molecule has 0 aliphatic rings. The molecule has 0 radical (unpaired) electrons. The number of hydrogen-bond donors (Lipinski definition) is 3. The number of primary amides is 1. The second-order valence-electron chi connectivity index (χ2n) is 3.51. The second-order valence-corrected chi connectivity index (χ2v) is 3.51. The van der Waals surface area contributed by atoms with E-state index in [0.717, 1.165) is 0 Å². The number of carbonyl (C=O) groups is 1. The van der Waals surface area contributed by atoms with E-state index in [2.05, 4.69) is 10.3 Å². The van der Waals surface area contributed by atoms with E-state index < -0.39 is 5.91 Å². The Morgan fingerprint density at radius 2 is 2.06 bits per heavy atom. The topological polar surface area (TPSA) is 94.0 Å². The Bertz CT molecular complexity index is 554. The summed E-state index contributed by atoms with van der Waals surface area (Å²) in [4.78, 5) is 15.1. The van der Waals surface area contributed by atoms with Gasteiger partial charge in [-0.25, -0.2) is 4.98 Å². The van der Waals surface area contributed by atoms with Crippen molar-refractivity contribution >= 4 is 23.1 Å². The van der Waals surface area contributed by atoms with Gasteiger partial charge in [-0.1, -0.05) is 6.07 Å². The van der Waals surface area contributed by atoms with Gasteiger partial charge in [-0.3, -0.25) is 4.79 Å². The zero-order chi connectivity index (χ0) is 12.3. The molecule has 1 amide bonds. The monoisotopic (exact) mass is 228 g/mol. The van der Waals surface area contributed by atoms with Gasteiger partial charge in [0.25, 0.3) is 0 Å². The maximum absolute atomic E-state index is 11.0. The van der Waals surface area contributed by atoms with E-state index in [1.54, 1.807) is 42.6 Å². The summed E-state index contributed by atoms with van der Waals surface area (Å²) in [5, 5.41) is 3.02. The van der Waals surface area contributed by atoms with Crippen LogP contribution in [0.2, 0.25) is 0 Å². The van der Waals surface area contributed by atoms with Gasteiger partial charge in [0.05, 0.1) is 5.69 Å². The zero-order valence-corrected chi connectivity index (χ0v) is 9.05. The van der Waals surface area contributed by atoms with E-state index >= 15 is 0 Å². The number of pyridine rings is 1. The minimum Gasteiger partial charge on any atom is -0.396 e. The van der Waals surface area contributed by atoms with Gasteiger partial charge in [-0.15, -0.1) is 0 Å². The minimum atomic E-state index is -0.470. The Hall–Kier alpha value is -2.56. The largest absolute Gasteiger partial charge is 0.396 e. The predicted octanol–water partition coefficient (Wildman–Crippen LogP) is 1.51. The highest BCUT2D eigenvalue weighted by molar-refractivity contribution is 5.94. The average Bonchev–Trinajstić information content (AvgIpc) is 2.32. The maximum Gasteiger partial charge on any atom is 0.248 e. The van der Waals surface area contributed by atoms with Crippen LogP contribution in [-0.4, -0.2) is 10.9 Å². The molecule has 0 saturated heterocycles. The van der Waals surface area contributed by atoms with Crippen LogP contribution in [0, 0.1) is 0 Å². The number of aromatic nitrogens is 1.